The van der Waals surface area contributed by atoms with Gasteiger partial charge < -0.3 is 15.1 Å². The summed E-state index contributed by atoms with van der Waals surface area (Å²) in [4.78, 5) is 12.1. The minimum Gasteiger partial charge on any atom is -0.550 e. The molecule has 1 N–H and O–H groups in total. The molecule has 0 saturated carbocycles. The van der Waals surface area contributed by atoms with Crippen molar-refractivity contribution in [1.82, 2.24) is 0 Å². The van der Waals surface area contributed by atoms with Crippen molar-refractivity contribution in [1.29, 1.82) is 0 Å². The molecule has 1 rings (SSSR count). The van der Waals surface area contributed by atoms with E-state index in [0.717, 1.165) is 16.2 Å². The fraction of sp³-hybridized carbons (Fsp3) is 0.333. The molecule has 1 aromatic heterocycles. The fourth-order valence-electron chi connectivity index (χ4n) is 1.06. The van der Waals surface area contributed by atoms with Crippen LogP contribution >= 0.6 is 11.3 Å². The molecule has 0 aliphatic heterocycles. The van der Waals surface area contributed by atoms with Gasteiger partial charge in [0.15, 0.2) is 0 Å². The number of rotatable bonds is 5. The number of carbonyl (C=O) groups is 1. The van der Waals surface area contributed by atoms with Crippen LogP contribution in [0.1, 0.15) is 22.6 Å². The third-order valence-corrected chi connectivity index (χ3v) is 2.75. The molecule has 0 atom stereocenters. The molecular formula is C9H10NO3S-. The van der Waals surface area contributed by atoms with E-state index in [1.165, 1.54) is 17.6 Å². The summed E-state index contributed by atoms with van der Waals surface area (Å²) in [7, 11) is 0. The topological polar surface area (TPSA) is 72.7 Å². The highest BCUT2D eigenvalue weighted by Crippen LogP contribution is 2.16. The molecule has 4 nitrogen and oxygen atoms in total. The van der Waals surface area contributed by atoms with Gasteiger partial charge in [0.2, 0.25) is 0 Å². The zero-order chi connectivity index (χ0) is 10.4. The molecule has 0 bridgehead atoms. The summed E-state index contributed by atoms with van der Waals surface area (Å²) in [6.45, 7) is 0. The molecule has 0 spiro atoms. The second-order valence-corrected chi connectivity index (χ2v) is 3.97. The smallest absolute Gasteiger partial charge is 0.0833 e. The van der Waals surface area contributed by atoms with E-state index in [4.69, 9.17) is 5.21 Å². The Bertz CT molecular complexity index is 333. The molecule has 5 heteroatoms. The van der Waals surface area contributed by atoms with Gasteiger partial charge in [0.05, 0.1) is 6.21 Å². The van der Waals surface area contributed by atoms with E-state index < -0.39 is 5.97 Å². The van der Waals surface area contributed by atoms with Crippen LogP contribution in [0.2, 0.25) is 0 Å². The van der Waals surface area contributed by atoms with Crippen molar-refractivity contribution in [2.45, 2.75) is 19.3 Å². The van der Waals surface area contributed by atoms with E-state index in [1.807, 2.05) is 12.1 Å². The highest BCUT2D eigenvalue weighted by molar-refractivity contribution is 7.13. The van der Waals surface area contributed by atoms with Gasteiger partial charge in [-0.25, -0.2) is 0 Å². The molecule has 0 aliphatic carbocycles. The average molecular weight is 212 g/mol. The lowest BCUT2D eigenvalue weighted by molar-refractivity contribution is -0.305. The number of thiophene rings is 1. The molecule has 0 radical (unpaired) electrons. The molecule has 0 unspecified atom stereocenters. The van der Waals surface area contributed by atoms with Crippen LogP contribution < -0.4 is 5.11 Å². The van der Waals surface area contributed by atoms with Gasteiger partial charge in [-0.05, 0) is 31.4 Å². The number of carboxylic acids is 1. The van der Waals surface area contributed by atoms with Gasteiger partial charge in [-0.15, -0.1) is 11.3 Å². The minimum absolute atomic E-state index is 0.0846. The number of aliphatic carboxylic acids is 1. The largest absolute Gasteiger partial charge is 0.550 e. The first kappa shape index (κ1) is 10.7. The summed E-state index contributed by atoms with van der Waals surface area (Å²) < 4.78 is 0. The lowest BCUT2D eigenvalue weighted by atomic mass is 10.2. The maximum absolute atomic E-state index is 10.1. The van der Waals surface area contributed by atoms with Crippen molar-refractivity contribution in [3.63, 3.8) is 0 Å². The normalized spacial score (nSPS) is 10.9. The monoisotopic (exact) mass is 212 g/mol. The molecule has 0 amide bonds. The average Bonchev–Trinajstić information content (AvgIpc) is 2.53. The molecule has 0 saturated heterocycles. The first-order chi connectivity index (χ1) is 6.72. The number of oxime groups is 1. The summed E-state index contributed by atoms with van der Waals surface area (Å²) in [6, 6.07) is 3.73. The second-order valence-electron chi connectivity index (χ2n) is 2.77. The lowest BCUT2D eigenvalue weighted by Crippen LogP contribution is -2.21. The van der Waals surface area contributed by atoms with Crippen LogP contribution in [-0.4, -0.2) is 17.4 Å². The van der Waals surface area contributed by atoms with Gasteiger partial charge in [-0.3, -0.25) is 0 Å². The number of hydrogen-bond donors (Lipinski definition) is 1. The van der Waals surface area contributed by atoms with Gasteiger partial charge >= 0.3 is 0 Å². The van der Waals surface area contributed by atoms with Gasteiger partial charge in [-0.2, -0.15) is 0 Å². The van der Waals surface area contributed by atoms with Crippen molar-refractivity contribution >= 4 is 23.5 Å². The minimum atomic E-state index is -1.02. The zero-order valence-corrected chi connectivity index (χ0v) is 8.29. The maximum Gasteiger partial charge on any atom is 0.0833 e. The van der Waals surface area contributed by atoms with Crippen LogP contribution in [0.15, 0.2) is 17.3 Å². The molecule has 76 valence electrons. The van der Waals surface area contributed by atoms with Crippen LogP contribution in [-0.2, 0) is 11.2 Å². The van der Waals surface area contributed by atoms with E-state index in [2.05, 4.69) is 5.16 Å². The highest BCUT2D eigenvalue weighted by Gasteiger charge is 1.98. The maximum atomic E-state index is 10.1. The predicted octanol–water partition coefficient (Wildman–Crippen LogP) is 0.629. The van der Waals surface area contributed by atoms with Crippen molar-refractivity contribution < 1.29 is 15.1 Å². The van der Waals surface area contributed by atoms with Crippen molar-refractivity contribution in [2.24, 2.45) is 5.16 Å². The van der Waals surface area contributed by atoms with E-state index in [9.17, 15) is 9.90 Å². The van der Waals surface area contributed by atoms with Crippen LogP contribution in [0.25, 0.3) is 0 Å². The van der Waals surface area contributed by atoms with Crippen molar-refractivity contribution in [2.75, 3.05) is 0 Å². The molecule has 14 heavy (non-hydrogen) atoms. The van der Waals surface area contributed by atoms with Crippen molar-refractivity contribution in [3.8, 4) is 0 Å². The summed E-state index contributed by atoms with van der Waals surface area (Å²) in [5.74, 6) is -1.02. The molecule has 0 aromatic carbocycles. The van der Waals surface area contributed by atoms with Gasteiger partial charge in [0, 0.05) is 15.7 Å². The fourth-order valence-corrected chi connectivity index (χ4v) is 1.98. The summed E-state index contributed by atoms with van der Waals surface area (Å²) in [5, 5.41) is 21.3. The van der Waals surface area contributed by atoms with Gasteiger partial charge in [-0.1, -0.05) is 5.16 Å². The van der Waals surface area contributed by atoms with Crippen LogP contribution in [0, 0.1) is 0 Å². The third-order valence-electron chi connectivity index (χ3n) is 1.67. The number of aryl methyl sites for hydroxylation is 1. The number of carbonyl (C=O) groups excluding carboxylic acids is 1. The van der Waals surface area contributed by atoms with Crippen molar-refractivity contribution in [3.05, 3.63) is 21.9 Å². The van der Waals surface area contributed by atoms with Crippen LogP contribution in [0.3, 0.4) is 0 Å². The predicted molar refractivity (Wildman–Crippen MR) is 51.6 cm³/mol. The Balaban J connectivity index is 2.39. The van der Waals surface area contributed by atoms with E-state index in [0.29, 0.717) is 6.42 Å². The van der Waals surface area contributed by atoms with Gasteiger partial charge in [0.25, 0.3) is 0 Å². The summed E-state index contributed by atoms with van der Waals surface area (Å²) in [6.07, 6.45) is 2.74. The quantitative estimate of drug-likeness (QED) is 0.442. The Labute approximate surface area is 85.5 Å². The molecule has 0 aliphatic rings. The lowest BCUT2D eigenvalue weighted by Gasteiger charge is -1.99. The second kappa shape index (κ2) is 5.39. The Kier molecular flexibility index (Phi) is 4.12. The summed E-state index contributed by atoms with van der Waals surface area (Å²) >= 11 is 1.49. The first-order valence-electron chi connectivity index (χ1n) is 4.18. The zero-order valence-electron chi connectivity index (χ0n) is 7.47. The Hall–Kier alpha value is -1.36. The number of hydrogen-bond acceptors (Lipinski definition) is 5. The van der Waals surface area contributed by atoms with E-state index in [-0.39, 0.29) is 6.42 Å². The summed E-state index contributed by atoms with van der Waals surface area (Å²) in [5.41, 5.74) is 0. The molecular weight excluding hydrogens is 202 g/mol. The molecule has 1 heterocycles. The highest BCUT2D eigenvalue weighted by atomic mass is 32.1. The number of carboxylic acid groups (broad SMARTS) is 1. The van der Waals surface area contributed by atoms with Crippen LogP contribution in [0.4, 0.5) is 0 Å². The van der Waals surface area contributed by atoms with Crippen LogP contribution in [0.5, 0.6) is 0 Å². The molecule has 1 aromatic rings. The molecule has 0 fully saturated rings. The first-order valence-corrected chi connectivity index (χ1v) is 5.00. The Morgan fingerprint density at radius 1 is 1.64 bits per heavy atom. The Morgan fingerprint density at radius 2 is 2.43 bits per heavy atom. The van der Waals surface area contributed by atoms with E-state index in [1.54, 1.807) is 0 Å². The third kappa shape index (κ3) is 3.57. The standard InChI is InChI=1S/C9H11NO3S/c11-9(12)3-1-2-7-4-5-8(14-7)6-10-13/h4-6,13H,1-3H2,(H,11,12)/p-1/b10-6-. The van der Waals surface area contributed by atoms with Gasteiger partial charge in [0.1, 0.15) is 0 Å². The SMILES string of the molecule is O=C([O-])CCCc1ccc(/C=N\O)s1. The van der Waals surface area contributed by atoms with E-state index >= 15 is 0 Å². The Morgan fingerprint density at radius 3 is 3.07 bits per heavy atom. The number of nitrogens with zero attached hydrogens (tertiary/aromatic N) is 1.